The molecule has 1 saturated heterocycles. The molecule has 2 aromatic rings. The van der Waals surface area contributed by atoms with Crippen LogP contribution in [0.2, 0.25) is 0 Å². The minimum absolute atomic E-state index is 0.0479. The van der Waals surface area contributed by atoms with Crippen molar-refractivity contribution in [1.29, 1.82) is 0 Å². The lowest BCUT2D eigenvalue weighted by Gasteiger charge is -2.26. The predicted molar refractivity (Wildman–Crippen MR) is 109 cm³/mol. The fraction of sp³-hybridized carbons (Fsp3) is 0.381. The lowest BCUT2D eigenvalue weighted by atomic mass is 10.0. The van der Waals surface area contributed by atoms with Gasteiger partial charge in [-0.05, 0) is 47.5 Å². The molecule has 1 atom stereocenters. The highest BCUT2D eigenvalue weighted by molar-refractivity contribution is 7.89. The monoisotopic (exact) mass is 432 g/mol. The van der Waals surface area contributed by atoms with Crippen molar-refractivity contribution in [3.05, 3.63) is 59.2 Å². The minimum atomic E-state index is -3.60. The number of carbonyl (C=O) groups excluding carboxylic acids is 1. The molecule has 1 fully saturated rings. The fourth-order valence-electron chi connectivity index (χ4n) is 3.54. The van der Waals surface area contributed by atoms with E-state index in [9.17, 15) is 18.3 Å². The summed E-state index contributed by atoms with van der Waals surface area (Å²) in [5.74, 6) is 0.455. The average molecular weight is 432 g/mol. The Kier molecular flexibility index (Phi) is 6.05. The number of fused-ring (bicyclic) bond motifs is 1. The van der Waals surface area contributed by atoms with Crippen LogP contribution in [-0.2, 0) is 21.2 Å². The van der Waals surface area contributed by atoms with Gasteiger partial charge >= 0.3 is 0 Å². The lowest BCUT2D eigenvalue weighted by molar-refractivity contribution is 0.0730. The van der Waals surface area contributed by atoms with Crippen LogP contribution in [0.15, 0.2) is 47.4 Å². The Hall–Kier alpha value is -2.46. The van der Waals surface area contributed by atoms with Crippen LogP contribution in [0.1, 0.15) is 27.6 Å². The van der Waals surface area contributed by atoms with E-state index >= 15 is 0 Å². The number of hydrogen-bond donors (Lipinski definition) is 2. The first-order valence-corrected chi connectivity index (χ1v) is 11.3. The van der Waals surface area contributed by atoms with E-state index < -0.39 is 16.1 Å². The van der Waals surface area contributed by atoms with E-state index in [1.165, 1.54) is 28.6 Å². The van der Waals surface area contributed by atoms with Gasteiger partial charge in [-0.15, -0.1) is 0 Å². The van der Waals surface area contributed by atoms with Crippen LogP contribution in [0.3, 0.4) is 0 Å². The third-order valence-corrected chi connectivity index (χ3v) is 7.19. The minimum Gasteiger partial charge on any atom is -0.493 e. The predicted octanol–water partition coefficient (Wildman–Crippen LogP) is 1.11. The average Bonchev–Trinajstić information content (AvgIpc) is 3.26. The Balaban J connectivity index is 1.37. The molecular weight excluding hydrogens is 408 g/mol. The number of nitrogens with zero attached hydrogens (tertiary/aromatic N) is 1. The lowest BCUT2D eigenvalue weighted by Crippen LogP contribution is -2.40. The molecule has 2 aliphatic rings. The van der Waals surface area contributed by atoms with Gasteiger partial charge in [-0.25, -0.2) is 8.42 Å². The first-order chi connectivity index (χ1) is 14.4. The molecule has 0 bridgehead atoms. The van der Waals surface area contributed by atoms with Crippen molar-refractivity contribution in [3.63, 3.8) is 0 Å². The van der Waals surface area contributed by atoms with E-state index in [2.05, 4.69) is 5.32 Å². The summed E-state index contributed by atoms with van der Waals surface area (Å²) in [4.78, 5) is 12.6. The molecule has 8 nitrogen and oxygen atoms in total. The number of benzene rings is 2. The number of aliphatic hydroxyl groups excluding tert-OH is 1. The molecule has 1 unspecified atom stereocenters. The molecule has 0 aliphatic carbocycles. The number of amides is 1. The van der Waals surface area contributed by atoms with Gasteiger partial charge in [0.1, 0.15) is 5.75 Å². The maximum absolute atomic E-state index is 12.6. The largest absolute Gasteiger partial charge is 0.493 e. The Morgan fingerprint density at radius 3 is 2.57 bits per heavy atom. The molecular formula is C21H24N2O6S. The summed E-state index contributed by atoms with van der Waals surface area (Å²) in [5, 5.41) is 13.1. The second-order valence-electron chi connectivity index (χ2n) is 7.23. The highest BCUT2D eigenvalue weighted by atomic mass is 32.2. The maximum atomic E-state index is 12.6. The van der Waals surface area contributed by atoms with Gasteiger partial charge < -0.3 is 19.9 Å². The van der Waals surface area contributed by atoms with Crippen molar-refractivity contribution < 1.29 is 27.8 Å². The van der Waals surface area contributed by atoms with Gasteiger partial charge in [-0.3, -0.25) is 4.79 Å². The molecule has 4 rings (SSSR count). The topological polar surface area (TPSA) is 105 Å². The Morgan fingerprint density at radius 2 is 1.83 bits per heavy atom. The van der Waals surface area contributed by atoms with Gasteiger partial charge in [0.2, 0.25) is 10.0 Å². The number of hydrogen-bond acceptors (Lipinski definition) is 6. The molecule has 0 saturated carbocycles. The second-order valence-corrected chi connectivity index (χ2v) is 9.17. The van der Waals surface area contributed by atoms with Crippen molar-refractivity contribution in [2.24, 2.45) is 0 Å². The SMILES string of the molecule is O=C(NCC(O)c1ccc2c(c1)CCO2)c1ccc(S(=O)(=O)N2CCOCC2)cc1. The van der Waals surface area contributed by atoms with Gasteiger partial charge in [-0.1, -0.05) is 6.07 Å². The van der Waals surface area contributed by atoms with Gasteiger partial charge in [0.05, 0.1) is 30.8 Å². The van der Waals surface area contributed by atoms with E-state index in [0.29, 0.717) is 44.0 Å². The quantitative estimate of drug-likeness (QED) is 0.709. The number of sulfonamides is 1. The standard InChI is InChI=1S/C21H24N2O6S/c24-19(16-3-6-20-17(13-16)7-10-29-20)14-22-21(25)15-1-4-18(5-2-15)30(26,27)23-8-11-28-12-9-23/h1-6,13,19,24H,7-12,14H2,(H,22,25). The number of carbonyl (C=O) groups is 1. The summed E-state index contributed by atoms with van der Waals surface area (Å²) in [7, 11) is -3.60. The first-order valence-electron chi connectivity index (χ1n) is 9.85. The molecule has 2 N–H and O–H groups in total. The molecule has 9 heteroatoms. The summed E-state index contributed by atoms with van der Waals surface area (Å²) < 4.78 is 37.3. The highest BCUT2D eigenvalue weighted by Crippen LogP contribution is 2.28. The van der Waals surface area contributed by atoms with Crippen LogP contribution in [0.5, 0.6) is 5.75 Å². The molecule has 2 aromatic carbocycles. The number of ether oxygens (including phenoxy) is 2. The molecule has 0 spiro atoms. The van der Waals surface area contributed by atoms with Crippen LogP contribution in [0.25, 0.3) is 0 Å². The van der Waals surface area contributed by atoms with E-state index in [0.717, 1.165) is 17.7 Å². The summed E-state index contributed by atoms with van der Waals surface area (Å²) >= 11 is 0. The third kappa shape index (κ3) is 4.34. The third-order valence-electron chi connectivity index (χ3n) is 5.28. The van der Waals surface area contributed by atoms with Crippen molar-refractivity contribution in [1.82, 2.24) is 9.62 Å². The van der Waals surface area contributed by atoms with Crippen LogP contribution < -0.4 is 10.1 Å². The number of rotatable bonds is 6. The zero-order valence-electron chi connectivity index (χ0n) is 16.4. The molecule has 0 radical (unpaired) electrons. The van der Waals surface area contributed by atoms with E-state index in [4.69, 9.17) is 9.47 Å². The zero-order valence-corrected chi connectivity index (χ0v) is 17.2. The van der Waals surface area contributed by atoms with Crippen molar-refractivity contribution in [3.8, 4) is 5.75 Å². The number of nitrogens with one attached hydrogen (secondary N) is 1. The molecule has 2 aliphatic heterocycles. The van der Waals surface area contributed by atoms with Crippen molar-refractivity contribution >= 4 is 15.9 Å². The summed E-state index contributed by atoms with van der Waals surface area (Å²) in [6, 6.07) is 11.3. The smallest absolute Gasteiger partial charge is 0.251 e. The summed E-state index contributed by atoms with van der Waals surface area (Å²) in [6.45, 7) is 2.07. The van der Waals surface area contributed by atoms with Crippen LogP contribution in [-0.4, -0.2) is 63.2 Å². The van der Waals surface area contributed by atoms with E-state index in [1.807, 2.05) is 12.1 Å². The summed E-state index contributed by atoms with van der Waals surface area (Å²) in [6.07, 6.45) is -0.0390. The van der Waals surface area contributed by atoms with Gasteiger partial charge in [-0.2, -0.15) is 4.31 Å². The second kappa shape index (κ2) is 8.73. The number of morpholine rings is 1. The van der Waals surface area contributed by atoms with Crippen molar-refractivity contribution in [2.45, 2.75) is 17.4 Å². The van der Waals surface area contributed by atoms with Gasteiger partial charge in [0, 0.05) is 31.6 Å². The molecule has 0 aromatic heterocycles. The fourth-order valence-corrected chi connectivity index (χ4v) is 4.95. The zero-order chi connectivity index (χ0) is 21.1. The summed E-state index contributed by atoms with van der Waals surface area (Å²) in [5.41, 5.74) is 2.09. The van der Waals surface area contributed by atoms with Gasteiger partial charge in [0.25, 0.3) is 5.91 Å². The van der Waals surface area contributed by atoms with Crippen LogP contribution in [0, 0.1) is 0 Å². The normalized spacial score (nSPS) is 17.8. The number of aliphatic hydroxyl groups is 1. The highest BCUT2D eigenvalue weighted by Gasteiger charge is 2.26. The van der Waals surface area contributed by atoms with Crippen molar-refractivity contribution in [2.75, 3.05) is 39.5 Å². The Labute approximate surface area is 175 Å². The molecule has 30 heavy (non-hydrogen) atoms. The van der Waals surface area contributed by atoms with Crippen LogP contribution >= 0.6 is 0 Å². The maximum Gasteiger partial charge on any atom is 0.251 e. The van der Waals surface area contributed by atoms with Crippen LogP contribution in [0.4, 0.5) is 0 Å². The Bertz CT molecular complexity index is 1020. The Morgan fingerprint density at radius 1 is 1.10 bits per heavy atom. The van der Waals surface area contributed by atoms with E-state index in [-0.39, 0.29) is 17.3 Å². The van der Waals surface area contributed by atoms with Gasteiger partial charge in [0.15, 0.2) is 0 Å². The van der Waals surface area contributed by atoms with E-state index in [1.54, 1.807) is 6.07 Å². The molecule has 1 amide bonds. The molecule has 160 valence electrons. The molecule has 2 heterocycles. The first kappa shape index (κ1) is 20.8.